The number of hydrogen-bond acceptors (Lipinski definition) is 4. The summed E-state index contributed by atoms with van der Waals surface area (Å²) in [6.07, 6.45) is 0.0811. The lowest BCUT2D eigenvalue weighted by Gasteiger charge is -2.13. The minimum absolute atomic E-state index is 0.00974. The highest BCUT2D eigenvalue weighted by Crippen LogP contribution is 2.39. The summed E-state index contributed by atoms with van der Waals surface area (Å²) in [5.41, 5.74) is 1.97. The number of amides is 1. The Hall–Kier alpha value is -2.86. The van der Waals surface area contributed by atoms with E-state index in [4.69, 9.17) is 16.3 Å². The van der Waals surface area contributed by atoms with Gasteiger partial charge in [0.25, 0.3) is 0 Å². The predicted molar refractivity (Wildman–Crippen MR) is 119 cm³/mol. The highest BCUT2D eigenvalue weighted by atomic mass is 35.5. The molecular weight excluding hydrogens is 402 g/mol. The zero-order valence-electron chi connectivity index (χ0n) is 17.6. The largest absolute Gasteiger partial charge is 0.493 e. The van der Waals surface area contributed by atoms with Crippen molar-refractivity contribution in [2.24, 2.45) is 16.1 Å². The van der Waals surface area contributed by atoms with Gasteiger partial charge in [-0.1, -0.05) is 43.6 Å². The van der Waals surface area contributed by atoms with Gasteiger partial charge in [-0.15, -0.1) is 10.2 Å². The summed E-state index contributed by atoms with van der Waals surface area (Å²) < 4.78 is 7.52. The molecule has 0 aliphatic carbocycles. The van der Waals surface area contributed by atoms with Crippen molar-refractivity contribution in [3.8, 4) is 11.6 Å². The summed E-state index contributed by atoms with van der Waals surface area (Å²) >= 11 is 5.96. The van der Waals surface area contributed by atoms with E-state index < -0.39 is 12.0 Å². The van der Waals surface area contributed by atoms with E-state index in [0.29, 0.717) is 23.2 Å². The van der Waals surface area contributed by atoms with E-state index in [2.05, 4.69) is 24.1 Å². The lowest BCUT2D eigenvalue weighted by atomic mass is 10.1. The third-order valence-corrected chi connectivity index (χ3v) is 5.12. The zero-order valence-corrected chi connectivity index (χ0v) is 18.3. The summed E-state index contributed by atoms with van der Waals surface area (Å²) in [5, 5.41) is 20.0. The van der Waals surface area contributed by atoms with Gasteiger partial charge in [0.1, 0.15) is 5.75 Å². The first kappa shape index (κ1) is 21.8. The third kappa shape index (κ3) is 4.82. The Bertz CT molecular complexity index is 1090. The molecule has 3 rings (SSSR count). The summed E-state index contributed by atoms with van der Waals surface area (Å²) in [5.74, 6) is 0.522. The van der Waals surface area contributed by atoms with Crippen LogP contribution in [0.25, 0.3) is 10.9 Å². The minimum atomic E-state index is -0.829. The Morgan fingerprint density at radius 2 is 1.93 bits per heavy atom. The first-order valence-electron chi connectivity index (χ1n) is 9.96. The second kappa shape index (κ2) is 9.30. The van der Waals surface area contributed by atoms with Crippen LogP contribution in [-0.2, 0) is 11.3 Å². The molecule has 158 valence electrons. The number of aryl methyl sites for hydroxylation is 2. The molecule has 0 spiro atoms. The van der Waals surface area contributed by atoms with Crippen LogP contribution >= 0.6 is 11.6 Å². The molecule has 2 aromatic carbocycles. The van der Waals surface area contributed by atoms with Crippen LogP contribution in [0.15, 0.2) is 52.7 Å². The van der Waals surface area contributed by atoms with E-state index in [-0.39, 0.29) is 11.6 Å². The van der Waals surface area contributed by atoms with Crippen LogP contribution in [0, 0.1) is 12.8 Å². The molecule has 0 aliphatic rings. The van der Waals surface area contributed by atoms with Crippen LogP contribution < -0.4 is 4.74 Å². The first-order valence-corrected chi connectivity index (χ1v) is 10.3. The Kier molecular flexibility index (Phi) is 6.77. The average molecular weight is 428 g/mol. The number of aromatic nitrogens is 1. The van der Waals surface area contributed by atoms with E-state index in [1.54, 1.807) is 25.1 Å². The van der Waals surface area contributed by atoms with E-state index in [9.17, 15) is 9.90 Å². The van der Waals surface area contributed by atoms with Crippen LogP contribution in [-0.4, -0.2) is 21.7 Å². The Morgan fingerprint density at radius 3 is 2.63 bits per heavy atom. The molecule has 0 radical (unpaired) electrons. The van der Waals surface area contributed by atoms with Crippen molar-refractivity contribution in [3.05, 3.63) is 53.1 Å². The normalized spacial score (nSPS) is 12.7. The molecule has 1 heterocycles. The van der Waals surface area contributed by atoms with Crippen LogP contribution in [0.3, 0.4) is 0 Å². The Labute approximate surface area is 181 Å². The van der Waals surface area contributed by atoms with Crippen molar-refractivity contribution in [3.63, 3.8) is 0 Å². The molecule has 1 unspecified atom stereocenters. The summed E-state index contributed by atoms with van der Waals surface area (Å²) in [4.78, 5) is 12.5. The van der Waals surface area contributed by atoms with E-state index in [1.165, 1.54) is 0 Å². The SMILES string of the molecule is Cc1cc(Cl)ccc1OC(C)C(=O)N=Nc1c(O)n(CCC(C)C)c2ccccc12. The number of aromatic hydroxyl groups is 1. The monoisotopic (exact) mass is 427 g/mol. The molecule has 0 saturated carbocycles. The topological polar surface area (TPSA) is 76.2 Å². The van der Waals surface area contributed by atoms with Crippen molar-refractivity contribution in [2.45, 2.75) is 46.8 Å². The maximum absolute atomic E-state index is 12.5. The highest BCUT2D eigenvalue weighted by molar-refractivity contribution is 6.30. The fourth-order valence-electron chi connectivity index (χ4n) is 3.15. The number of para-hydroxylation sites is 1. The van der Waals surface area contributed by atoms with Crippen molar-refractivity contribution < 1.29 is 14.6 Å². The van der Waals surface area contributed by atoms with Crippen LogP contribution in [0.1, 0.15) is 32.8 Å². The quantitative estimate of drug-likeness (QED) is 0.441. The van der Waals surface area contributed by atoms with Gasteiger partial charge < -0.3 is 14.4 Å². The van der Waals surface area contributed by atoms with Crippen molar-refractivity contribution in [2.75, 3.05) is 0 Å². The first-order chi connectivity index (χ1) is 14.3. The Balaban J connectivity index is 1.82. The maximum atomic E-state index is 12.5. The molecule has 0 aliphatic heterocycles. The lowest BCUT2D eigenvalue weighted by molar-refractivity contribution is -0.124. The van der Waals surface area contributed by atoms with Gasteiger partial charge >= 0.3 is 5.91 Å². The summed E-state index contributed by atoms with van der Waals surface area (Å²) in [7, 11) is 0. The van der Waals surface area contributed by atoms with Gasteiger partial charge in [0.15, 0.2) is 11.8 Å². The Morgan fingerprint density at radius 1 is 1.20 bits per heavy atom. The average Bonchev–Trinajstić information content (AvgIpc) is 2.97. The molecule has 1 aromatic heterocycles. The molecule has 1 amide bonds. The number of halogens is 1. The number of nitrogens with zero attached hydrogens (tertiary/aromatic N) is 3. The van der Waals surface area contributed by atoms with Crippen molar-refractivity contribution in [1.82, 2.24) is 4.57 Å². The fourth-order valence-corrected chi connectivity index (χ4v) is 3.38. The third-order valence-electron chi connectivity index (χ3n) is 4.88. The smallest absolute Gasteiger partial charge is 0.304 e. The van der Waals surface area contributed by atoms with E-state index in [1.807, 2.05) is 35.8 Å². The fraction of sp³-hybridized carbons (Fsp3) is 0.348. The van der Waals surface area contributed by atoms with Crippen LogP contribution in [0.5, 0.6) is 11.6 Å². The van der Waals surface area contributed by atoms with Gasteiger partial charge in [-0.3, -0.25) is 4.79 Å². The highest BCUT2D eigenvalue weighted by Gasteiger charge is 2.19. The van der Waals surface area contributed by atoms with Gasteiger partial charge in [0, 0.05) is 17.0 Å². The molecule has 0 bridgehead atoms. The zero-order chi connectivity index (χ0) is 21.8. The summed E-state index contributed by atoms with van der Waals surface area (Å²) in [6, 6.07) is 12.7. The molecule has 7 heteroatoms. The molecule has 3 aromatic rings. The van der Waals surface area contributed by atoms with Crippen molar-refractivity contribution in [1.29, 1.82) is 0 Å². The predicted octanol–water partition coefficient (Wildman–Crippen LogP) is 6.43. The number of hydrogen-bond donors (Lipinski definition) is 1. The maximum Gasteiger partial charge on any atom is 0.304 e. The molecular formula is C23H26ClN3O3. The van der Waals surface area contributed by atoms with Gasteiger partial charge in [-0.2, -0.15) is 0 Å². The second-order valence-corrected chi connectivity index (χ2v) is 8.17. The number of azo groups is 1. The van der Waals surface area contributed by atoms with Crippen LogP contribution in [0.4, 0.5) is 5.69 Å². The molecule has 30 heavy (non-hydrogen) atoms. The second-order valence-electron chi connectivity index (χ2n) is 7.73. The van der Waals surface area contributed by atoms with Gasteiger partial charge in [-0.25, -0.2) is 0 Å². The molecule has 1 atom stereocenters. The molecule has 0 fully saturated rings. The number of ether oxygens (including phenoxy) is 1. The molecule has 1 N–H and O–H groups in total. The number of carbonyl (C=O) groups is 1. The number of rotatable bonds is 7. The van der Waals surface area contributed by atoms with E-state index >= 15 is 0 Å². The van der Waals surface area contributed by atoms with E-state index in [0.717, 1.165) is 22.9 Å². The van der Waals surface area contributed by atoms with Gasteiger partial charge in [0.05, 0.1) is 5.52 Å². The molecule has 6 nitrogen and oxygen atoms in total. The van der Waals surface area contributed by atoms with Gasteiger partial charge in [-0.05, 0) is 56.0 Å². The summed E-state index contributed by atoms with van der Waals surface area (Å²) in [6.45, 7) is 8.38. The lowest BCUT2D eigenvalue weighted by Crippen LogP contribution is -2.21. The minimum Gasteiger partial charge on any atom is -0.493 e. The molecule has 0 saturated heterocycles. The number of fused-ring (bicyclic) bond motifs is 1. The van der Waals surface area contributed by atoms with Crippen molar-refractivity contribution >= 4 is 34.1 Å². The van der Waals surface area contributed by atoms with Gasteiger partial charge in [0.2, 0.25) is 5.88 Å². The number of carbonyl (C=O) groups excluding carboxylic acids is 1. The number of benzene rings is 2. The van der Waals surface area contributed by atoms with Crippen LogP contribution in [0.2, 0.25) is 5.02 Å². The standard InChI is InChI=1S/C23H26ClN3O3/c1-14(2)11-12-27-19-8-6-5-7-18(19)21(23(27)29)25-26-22(28)16(4)30-20-10-9-17(24)13-15(20)3/h5-10,13-14,16,29H,11-12H2,1-4H3.